The Morgan fingerprint density at radius 1 is 1.20 bits per heavy atom. The Morgan fingerprint density at radius 2 is 1.85 bits per heavy atom. The maximum absolute atomic E-state index is 12.0. The number of sulfonamides is 1. The summed E-state index contributed by atoms with van der Waals surface area (Å²) < 4.78 is 30.3. The Kier molecular flexibility index (Phi) is 4.82. The Balaban J connectivity index is 2.02. The Bertz CT molecular complexity index is 557. The number of hydrogen-bond donors (Lipinski definition) is 2. The highest BCUT2D eigenvalue weighted by molar-refractivity contribution is 7.89. The van der Waals surface area contributed by atoms with Crippen LogP contribution in [0, 0.1) is 0 Å². The molecule has 20 heavy (non-hydrogen) atoms. The van der Waals surface area contributed by atoms with Crippen LogP contribution in [0.4, 0.5) is 0 Å². The molecule has 112 valence electrons. The Labute approximate surface area is 119 Å². The molecule has 0 spiro atoms. The first kappa shape index (κ1) is 15.1. The van der Waals surface area contributed by atoms with E-state index in [1.165, 1.54) is 32.0 Å². The van der Waals surface area contributed by atoms with E-state index in [1.807, 2.05) is 0 Å². The van der Waals surface area contributed by atoms with Gasteiger partial charge in [-0.25, -0.2) is 13.1 Å². The summed E-state index contributed by atoms with van der Waals surface area (Å²) in [6.07, 6.45) is 6.57. The fraction of sp³-hybridized carbons (Fsp3) is 0.615. The summed E-state index contributed by atoms with van der Waals surface area (Å²) >= 11 is 0. The molecule has 0 aliphatic heterocycles. The van der Waals surface area contributed by atoms with Gasteiger partial charge >= 0.3 is 0 Å². The van der Waals surface area contributed by atoms with Crippen molar-refractivity contribution in [3.05, 3.63) is 17.9 Å². The van der Waals surface area contributed by atoms with E-state index >= 15 is 0 Å². The standard InChI is InChI=1S/C13H20N2O4S/c1-14-20(17,18)12-9-8-11(19-12)13(16)15-10-6-4-2-3-5-7-10/h8-10,14H,2-7H2,1H3,(H,15,16). The molecule has 0 unspecified atom stereocenters. The van der Waals surface area contributed by atoms with Gasteiger partial charge in [0.05, 0.1) is 0 Å². The summed E-state index contributed by atoms with van der Waals surface area (Å²) in [7, 11) is -2.35. The normalized spacial score (nSPS) is 17.6. The predicted molar refractivity (Wildman–Crippen MR) is 73.9 cm³/mol. The maximum Gasteiger partial charge on any atom is 0.287 e. The molecule has 1 aromatic rings. The molecule has 0 radical (unpaired) electrons. The molecule has 2 N–H and O–H groups in total. The summed E-state index contributed by atoms with van der Waals surface area (Å²) in [4.78, 5) is 12.0. The van der Waals surface area contributed by atoms with Crippen molar-refractivity contribution in [3.8, 4) is 0 Å². The van der Waals surface area contributed by atoms with Crippen molar-refractivity contribution in [2.45, 2.75) is 49.7 Å². The second kappa shape index (κ2) is 6.41. The van der Waals surface area contributed by atoms with Gasteiger partial charge in [-0.2, -0.15) is 0 Å². The van der Waals surface area contributed by atoms with Crippen molar-refractivity contribution in [1.82, 2.24) is 10.0 Å². The van der Waals surface area contributed by atoms with Gasteiger partial charge in [-0.1, -0.05) is 25.7 Å². The molecular weight excluding hydrogens is 280 g/mol. The lowest BCUT2D eigenvalue weighted by Gasteiger charge is -2.14. The average molecular weight is 300 g/mol. The van der Waals surface area contributed by atoms with Crippen molar-refractivity contribution < 1.29 is 17.6 Å². The van der Waals surface area contributed by atoms with Crippen molar-refractivity contribution >= 4 is 15.9 Å². The van der Waals surface area contributed by atoms with Crippen LogP contribution in [0.25, 0.3) is 0 Å². The SMILES string of the molecule is CNS(=O)(=O)c1ccc(C(=O)NC2CCCCCC2)o1. The van der Waals surface area contributed by atoms with Gasteiger partial charge in [0.2, 0.25) is 5.09 Å². The number of rotatable bonds is 4. The van der Waals surface area contributed by atoms with Gasteiger partial charge < -0.3 is 9.73 Å². The van der Waals surface area contributed by atoms with E-state index in [9.17, 15) is 13.2 Å². The molecule has 1 saturated carbocycles. The highest BCUT2D eigenvalue weighted by Crippen LogP contribution is 2.18. The smallest absolute Gasteiger partial charge is 0.287 e. The molecule has 1 heterocycles. The van der Waals surface area contributed by atoms with E-state index in [0.29, 0.717) is 0 Å². The van der Waals surface area contributed by atoms with Gasteiger partial charge in [0.25, 0.3) is 15.9 Å². The quantitative estimate of drug-likeness (QED) is 0.827. The molecule has 1 aliphatic carbocycles. The van der Waals surface area contributed by atoms with Crippen LogP contribution < -0.4 is 10.0 Å². The maximum atomic E-state index is 12.0. The van der Waals surface area contributed by atoms with Gasteiger partial charge in [0.1, 0.15) is 0 Å². The molecule has 1 aromatic heterocycles. The van der Waals surface area contributed by atoms with Crippen LogP contribution in [0.3, 0.4) is 0 Å². The summed E-state index contributed by atoms with van der Waals surface area (Å²) in [6, 6.07) is 2.82. The van der Waals surface area contributed by atoms with Crippen LogP contribution >= 0.6 is 0 Å². The van der Waals surface area contributed by atoms with Gasteiger partial charge in [-0.15, -0.1) is 0 Å². The average Bonchev–Trinajstić information content (AvgIpc) is 2.80. The highest BCUT2D eigenvalue weighted by Gasteiger charge is 2.21. The molecule has 0 bridgehead atoms. The molecule has 1 aliphatic rings. The van der Waals surface area contributed by atoms with Crippen molar-refractivity contribution in [2.24, 2.45) is 0 Å². The number of hydrogen-bond acceptors (Lipinski definition) is 4. The Morgan fingerprint density at radius 3 is 2.45 bits per heavy atom. The van der Waals surface area contributed by atoms with E-state index in [1.54, 1.807) is 0 Å². The minimum absolute atomic E-state index is 0.0306. The van der Waals surface area contributed by atoms with Crippen molar-refractivity contribution in [2.75, 3.05) is 7.05 Å². The molecular formula is C13H20N2O4S. The monoisotopic (exact) mass is 300 g/mol. The van der Waals surface area contributed by atoms with Crippen LogP contribution in [0.1, 0.15) is 49.1 Å². The third-order valence-electron chi connectivity index (χ3n) is 3.53. The number of carbonyl (C=O) groups excluding carboxylic acids is 1. The van der Waals surface area contributed by atoms with Gasteiger partial charge in [-0.05, 0) is 32.0 Å². The van der Waals surface area contributed by atoms with E-state index in [4.69, 9.17) is 4.42 Å². The van der Waals surface area contributed by atoms with E-state index < -0.39 is 10.0 Å². The van der Waals surface area contributed by atoms with Gasteiger partial charge in [0.15, 0.2) is 5.76 Å². The fourth-order valence-corrected chi connectivity index (χ4v) is 3.02. The zero-order valence-corrected chi connectivity index (χ0v) is 12.3. The van der Waals surface area contributed by atoms with Gasteiger partial charge in [-0.3, -0.25) is 4.79 Å². The topological polar surface area (TPSA) is 88.4 Å². The van der Waals surface area contributed by atoms with E-state index in [-0.39, 0.29) is 22.8 Å². The van der Waals surface area contributed by atoms with Gasteiger partial charge in [0, 0.05) is 6.04 Å². The van der Waals surface area contributed by atoms with Crippen LogP contribution in [-0.2, 0) is 10.0 Å². The molecule has 1 fully saturated rings. The lowest BCUT2D eigenvalue weighted by Crippen LogP contribution is -2.34. The molecule has 7 heteroatoms. The summed E-state index contributed by atoms with van der Waals surface area (Å²) in [5.74, 6) is -0.322. The largest absolute Gasteiger partial charge is 0.438 e. The molecule has 0 aromatic carbocycles. The number of nitrogens with one attached hydrogen (secondary N) is 2. The fourth-order valence-electron chi connectivity index (χ4n) is 2.37. The zero-order valence-electron chi connectivity index (χ0n) is 11.5. The summed E-state index contributed by atoms with van der Waals surface area (Å²) in [5.41, 5.74) is 0. The summed E-state index contributed by atoms with van der Waals surface area (Å²) in [5, 5.41) is 2.67. The molecule has 2 rings (SSSR count). The second-order valence-electron chi connectivity index (χ2n) is 4.99. The molecule has 6 nitrogen and oxygen atoms in total. The summed E-state index contributed by atoms with van der Waals surface area (Å²) in [6.45, 7) is 0. The number of amides is 1. The third-order valence-corrected chi connectivity index (χ3v) is 4.82. The van der Waals surface area contributed by atoms with Crippen LogP contribution in [0.2, 0.25) is 0 Å². The first-order chi connectivity index (χ1) is 9.53. The molecule has 0 atom stereocenters. The minimum Gasteiger partial charge on any atom is -0.438 e. The lowest BCUT2D eigenvalue weighted by atomic mass is 10.1. The van der Waals surface area contributed by atoms with Crippen LogP contribution in [-0.4, -0.2) is 27.4 Å². The van der Waals surface area contributed by atoms with Crippen LogP contribution in [0.15, 0.2) is 21.6 Å². The van der Waals surface area contributed by atoms with E-state index in [2.05, 4.69) is 10.0 Å². The first-order valence-corrected chi connectivity index (χ1v) is 8.35. The minimum atomic E-state index is -3.65. The number of carbonyl (C=O) groups is 1. The predicted octanol–water partition coefficient (Wildman–Crippen LogP) is 1.64. The van der Waals surface area contributed by atoms with Crippen LogP contribution in [0.5, 0.6) is 0 Å². The zero-order chi connectivity index (χ0) is 14.6. The molecule has 0 saturated heterocycles. The second-order valence-corrected chi connectivity index (χ2v) is 6.81. The Hall–Kier alpha value is -1.34. The molecule has 1 amide bonds. The third kappa shape index (κ3) is 3.61. The van der Waals surface area contributed by atoms with E-state index in [0.717, 1.165) is 25.7 Å². The number of furan rings is 1. The first-order valence-electron chi connectivity index (χ1n) is 6.87. The highest BCUT2D eigenvalue weighted by atomic mass is 32.2. The van der Waals surface area contributed by atoms with Crippen molar-refractivity contribution in [1.29, 1.82) is 0 Å². The lowest BCUT2D eigenvalue weighted by molar-refractivity contribution is 0.0900. The van der Waals surface area contributed by atoms with Crippen molar-refractivity contribution in [3.63, 3.8) is 0 Å².